The third-order valence-corrected chi connectivity index (χ3v) is 5.98. The number of carbonyl (C=O) groups excluding carboxylic acids is 1. The van der Waals surface area contributed by atoms with Crippen molar-refractivity contribution in [3.05, 3.63) is 64.9 Å². The Morgan fingerprint density at radius 3 is 2.78 bits per heavy atom. The minimum absolute atomic E-state index is 0.183. The van der Waals surface area contributed by atoms with E-state index in [2.05, 4.69) is 9.88 Å². The molecule has 2 fully saturated rings. The largest absolute Gasteiger partial charge is 0.374 e. The van der Waals surface area contributed by atoms with Crippen molar-refractivity contribution < 1.29 is 9.53 Å². The first-order valence-electron chi connectivity index (χ1n) is 9.80. The summed E-state index contributed by atoms with van der Waals surface area (Å²) >= 11 is 6.07. The number of nitrogens with zero attached hydrogens (tertiary/aromatic N) is 2. The quantitative estimate of drug-likeness (QED) is 0.792. The summed E-state index contributed by atoms with van der Waals surface area (Å²) in [6.45, 7) is 1.30. The molecule has 142 valence electrons. The van der Waals surface area contributed by atoms with E-state index in [1.165, 1.54) is 12.8 Å². The first-order chi connectivity index (χ1) is 13.2. The molecule has 1 saturated heterocycles. The van der Waals surface area contributed by atoms with Gasteiger partial charge in [0.15, 0.2) is 0 Å². The summed E-state index contributed by atoms with van der Waals surface area (Å²) in [5, 5.41) is 0.682. The molecule has 3 unspecified atom stereocenters. The second kappa shape index (κ2) is 8.41. The molecular weight excluding hydrogens is 360 g/mol. The highest BCUT2D eigenvalue weighted by Gasteiger charge is 2.39. The number of amides is 1. The highest BCUT2D eigenvalue weighted by Crippen LogP contribution is 2.32. The number of hydrogen-bond donors (Lipinski definition) is 0. The van der Waals surface area contributed by atoms with Crippen LogP contribution in [0.1, 0.15) is 42.9 Å². The van der Waals surface area contributed by atoms with E-state index in [1.807, 2.05) is 42.5 Å². The summed E-state index contributed by atoms with van der Waals surface area (Å²) in [4.78, 5) is 20.2. The molecule has 2 aromatic rings. The first-order valence-corrected chi connectivity index (χ1v) is 10.2. The Labute approximate surface area is 165 Å². The minimum Gasteiger partial charge on any atom is -0.374 e. The van der Waals surface area contributed by atoms with Gasteiger partial charge in [-0.3, -0.25) is 9.78 Å². The van der Waals surface area contributed by atoms with Crippen LogP contribution in [0.25, 0.3) is 0 Å². The molecule has 1 amide bonds. The molecule has 1 saturated carbocycles. The number of pyridine rings is 1. The van der Waals surface area contributed by atoms with Gasteiger partial charge >= 0.3 is 0 Å². The molecular formula is C22H25ClN2O2. The van der Waals surface area contributed by atoms with Crippen molar-refractivity contribution >= 4 is 17.5 Å². The molecule has 2 heterocycles. The van der Waals surface area contributed by atoms with Gasteiger partial charge in [0.05, 0.1) is 24.7 Å². The second-order valence-corrected chi connectivity index (χ2v) is 7.86. The third kappa shape index (κ3) is 4.17. The van der Waals surface area contributed by atoms with Crippen LogP contribution in [0.5, 0.6) is 0 Å². The lowest BCUT2D eigenvalue weighted by Gasteiger charge is -2.45. The fourth-order valence-corrected chi connectivity index (χ4v) is 4.47. The van der Waals surface area contributed by atoms with E-state index in [9.17, 15) is 4.79 Å². The van der Waals surface area contributed by atoms with Crippen LogP contribution in [0.3, 0.4) is 0 Å². The predicted molar refractivity (Wildman–Crippen MR) is 106 cm³/mol. The molecule has 1 aliphatic heterocycles. The number of rotatable bonds is 4. The number of carbonyl (C=O) groups is 1. The van der Waals surface area contributed by atoms with Crippen molar-refractivity contribution in [2.45, 2.75) is 50.2 Å². The average Bonchev–Trinajstić information content (AvgIpc) is 2.73. The van der Waals surface area contributed by atoms with Gasteiger partial charge in [-0.15, -0.1) is 0 Å². The molecule has 27 heavy (non-hydrogen) atoms. The zero-order chi connectivity index (χ0) is 18.6. The number of benzene rings is 1. The Hall–Kier alpha value is -1.91. The molecule has 4 rings (SSSR count). The van der Waals surface area contributed by atoms with Gasteiger partial charge in [-0.1, -0.05) is 42.6 Å². The smallest absolute Gasteiger partial charge is 0.230 e. The number of fused-ring (bicyclic) bond motifs is 1. The number of morpholine rings is 1. The van der Waals surface area contributed by atoms with Gasteiger partial charge in [0.1, 0.15) is 0 Å². The van der Waals surface area contributed by atoms with Crippen LogP contribution in [-0.2, 0) is 16.0 Å². The molecule has 0 spiro atoms. The maximum Gasteiger partial charge on any atom is 0.230 e. The lowest BCUT2D eigenvalue weighted by Crippen LogP contribution is -2.56. The zero-order valence-electron chi connectivity index (χ0n) is 15.4. The second-order valence-electron chi connectivity index (χ2n) is 7.42. The summed E-state index contributed by atoms with van der Waals surface area (Å²) in [5.41, 5.74) is 1.92. The maximum atomic E-state index is 13.7. The van der Waals surface area contributed by atoms with Crippen LogP contribution in [-0.4, -0.2) is 41.1 Å². The molecule has 1 aliphatic carbocycles. The zero-order valence-corrected chi connectivity index (χ0v) is 16.1. The summed E-state index contributed by atoms with van der Waals surface area (Å²) in [5.74, 6) is -0.0685. The van der Waals surface area contributed by atoms with Gasteiger partial charge in [0, 0.05) is 29.9 Å². The van der Waals surface area contributed by atoms with Crippen LogP contribution in [0, 0.1) is 0 Å². The Morgan fingerprint density at radius 2 is 2.00 bits per heavy atom. The molecule has 4 nitrogen and oxygen atoms in total. The minimum atomic E-state index is -0.252. The number of ether oxygens (including phenoxy) is 1. The summed E-state index contributed by atoms with van der Waals surface area (Å²) < 4.78 is 5.96. The van der Waals surface area contributed by atoms with E-state index in [4.69, 9.17) is 16.3 Å². The SMILES string of the molecule is O=C(C(Cc1ccccn1)c1ccc(Cl)cc1)N1CCOC2CCCCC21. The topological polar surface area (TPSA) is 42.4 Å². The van der Waals surface area contributed by atoms with E-state index in [-0.39, 0.29) is 24.0 Å². The molecule has 0 radical (unpaired) electrons. The molecule has 1 aromatic heterocycles. The lowest BCUT2D eigenvalue weighted by atomic mass is 9.87. The van der Waals surface area contributed by atoms with Gasteiger partial charge in [-0.25, -0.2) is 0 Å². The first kappa shape index (κ1) is 18.5. The van der Waals surface area contributed by atoms with Gasteiger partial charge < -0.3 is 9.64 Å². The van der Waals surface area contributed by atoms with E-state index in [1.54, 1.807) is 6.20 Å². The van der Waals surface area contributed by atoms with E-state index in [0.717, 1.165) is 24.1 Å². The number of halogens is 1. The average molecular weight is 385 g/mol. The standard InChI is InChI=1S/C22H25ClN2O2/c23-17-10-8-16(9-11-17)19(15-18-5-3-4-12-24-18)22(26)25-13-14-27-21-7-2-1-6-20(21)25/h3-5,8-12,19-21H,1-2,6-7,13-15H2. The Kier molecular flexibility index (Phi) is 5.74. The van der Waals surface area contributed by atoms with Crippen molar-refractivity contribution in [3.63, 3.8) is 0 Å². The van der Waals surface area contributed by atoms with Crippen molar-refractivity contribution in [1.82, 2.24) is 9.88 Å². The van der Waals surface area contributed by atoms with Gasteiger partial charge in [-0.05, 0) is 42.7 Å². The van der Waals surface area contributed by atoms with Crippen molar-refractivity contribution in [2.24, 2.45) is 0 Å². The van der Waals surface area contributed by atoms with Crippen LogP contribution >= 0.6 is 11.6 Å². The van der Waals surface area contributed by atoms with Crippen LogP contribution in [0.4, 0.5) is 0 Å². The molecule has 2 aliphatic rings. The molecule has 0 N–H and O–H groups in total. The molecule has 3 atom stereocenters. The van der Waals surface area contributed by atoms with Gasteiger partial charge in [-0.2, -0.15) is 0 Å². The number of aromatic nitrogens is 1. The summed E-state index contributed by atoms with van der Waals surface area (Å²) in [6.07, 6.45) is 7.02. The van der Waals surface area contributed by atoms with Crippen molar-refractivity contribution in [3.8, 4) is 0 Å². The lowest BCUT2D eigenvalue weighted by molar-refractivity contribution is -0.151. The highest BCUT2D eigenvalue weighted by molar-refractivity contribution is 6.30. The summed E-state index contributed by atoms with van der Waals surface area (Å²) in [7, 11) is 0. The van der Waals surface area contributed by atoms with Crippen LogP contribution in [0.15, 0.2) is 48.7 Å². The van der Waals surface area contributed by atoms with Gasteiger partial charge in [0.2, 0.25) is 5.91 Å². The molecule has 0 bridgehead atoms. The molecule has 1 aromatic carbocycles. The summed E-state index contributed by atoms with van der Waals surface area (Å²) in [6, 6.07) is 13.7. The van der Waals surface area contributed by atoms with Crippen molar-refractivity contribution in [2.75, 3.05) is 13.2 Å². The van der Waals surface area contributed by atoms with E-state index < -0.39 is 0 Å². The Bertz CT molecular complexity index is 764. The van der Waals surface area contributed by atoms with E-state index in [0.29, 0.717) is 24.6 Å². The van der Waals surface area contributed by atoms with Gasteiger partial charge in [0.25, 0.3) is 0 Å². The monoisotopic (exact) mass is 384 g/mol. The predicted octanol–water partition coefficient (Wildman–Crippen LogP) is 4.23. The normalized spacial score (nSPS) is 23.5. The van der Waals surface area contributed by atoms with Crippen molar-refractivity contribution in [1.29, 1.82) is 0 Å². The fraction of sp³-hybridized carbons (Fsp3) is 0.455. The van der Waals surface area contributed by atoms with Crippen LogP contribution < -0.4 is 0 Å². The Balaban J connectivity index is 1.62. The maximum absolute atomic E-state index is 13.7. The Morgan fingerprint density at radius 1 is 1.19 bits per heavy atom. The number of hydrogen-bond acceptors (Lipinski definition) is 3. The third-order valence-electron chi connectivity index (χ3n) is 5.73. The van der Waals surface area contributed by atoms with E-state index >= 15 is 0 Å². The fourth-order valence-electron chi connectivity index (χ4n) is 4.34. The molecule has 5 heteroatoms. The van der Waals surface area contributed by atoms with Crippen LogP contribution in [0.2, 0.25) is 5.02 Å². The highest BCUT2D eigenvalue weighted by atomic mass is 35.5.